The summed E-state index contributed by atoms with van der Waals surface area (Å²) in [6, 6.07) is 8.41. The highest BCUT2D eigenvalue weighted by molar-refractivity contribution is 5.93. The van der Waals surface area contributed by atoms with Crippen molar-refractivity contribution in [1.29, 1.82) is 0 Å². The Bertz CT molecular complexity index is 1140. The first-order valence-corrected chi connectivity index (χ1v) is 13.0. The molecule has 2 aromatic carbocycles. The van der Waals surface area contributed by atoms with E-state index in [1.807, 2.05) is 13.0 Å². The molecule has 0 fully saturated rings. The van der Waals surface area contributed by atoms with Crippen molar-refractivity contribution in [3.63, 3.8) is 0 Å². The van der Waals surface area contributed by atoms with Crippen molar-refractivity contribution in [2.45, 2.75) is 13.8 Å². The number of aryl methyl sites for hydroxylation is 1. The van der Waals surface area contributed by atoms with Crippen molar-refractivity contribution in [3.05, 3.63) is 48.0 Å². The Kier molecular flexibility index (Phi) is 13.7. The van der Waals surface area contributed by atoms with Gasteiger partial charge in [0.2, 0.25) is 0 Å². The fourth-order valence-electron chi connectivity index (χ4n) is 3.53. The van der Waals surface area contributed by atoms with Crippen molar-refractivity contribution >= 4 is 22.4 Å². The zero-order valence-corrected chi connectivity index (χ0v) is 22.9. The number of anilines is 2. The number of aromatic nitrogens is 2. The van der Waals surface area contributed by atoms with Crippen molar-refractivity contribution in [3.8, 4) is 11.5 Å². The fourth-order valence-corrected chi connectivity index (χ4v) is 3.53. The molecule has 0 aliphatic rings. The maximum Gasteiger partial charge on any atom is 0.162 e. The van der Waals surface area contributed by atoms with Gasteiger partial charge in [-0.15, -0.1) is 0 Å². The van der Waals surface area contributed by atoms with E-state index in [2.05, 4.69) is 15.3 Å². The minimum absolute atomic E-state index is 0.262. The van der Waals surface area contributed by atoms with E-state index < -0.39 is 0 Å². The van der Waals surface area contributed by atoms with Crippen LogP contribution in [0.4, 0.5) is 15.9 Å². The molecule has 0 atom stereocenters. The standard InChI is InChI=1S/C28H38FN3O7/c1-4-34-7-8-35-9-10-36-11-12-37-13-14-38-15-16-39-27-18-23-25(19-26(27)33-3)30-20-31-28(23)32-22-5-6-24(29)21(2)17-22/h5-6,17-20H,4,7-16H2,1-3H3,(H,30,31,32). The molecule has 0 radical (unpaired) electrons. The minimum atomic E-state index is -0.262. The van der Waals surface area contributed by atoms with Gasteiger partial charge < -0.3 is 38.5 Å². The zero-order chi connectivity index (χ0) is 27.7. The number of nitrogens with one attached hydrogen (secondary N) is 1. The first kappa shape index (κ1) is 30.5. The summed E-state index contributed by atoms with van der Waals surface area (Å²) in [5.74, 6) is 1.40. The number of halogens is 1. The van der Waals surface area contributed by atoms with Crippen LogP contribution in [0.5, 0.6) is 11.5 Å². The van der Waals surface area contributed by atoms with Crippen molar-refractivity contribution in [2.75, 3.05) is 85.1 Å². The Morgan fingerprint density at radius 2 is 1.36 bits per heavy atom. The summed E-state index contributed by atoms with van der Waals surface area (Å²) in [6.45, 7) is 9.20. The lowest BCUT2D eigenvalue weighted by molar-refractivity contribution is -0.0120. The SMILES string of the molecule is CCOCCOCCOCCOCCOCCOc1cc2c(Nc3ccc(F)c(C)c3)ncnc2cc1OC. The van der Waals surface area contributed by atoms with Gasteiger partial charge >= 0.3 is 0 Å². The van der Waals surface area contributed by atoms with E-state index in [0.29, 0.717) is 101 Å². The molecule has 0 bridgehead atoms. The number of nitrogens with zero attached hydrogens (tertiary/aromatic N) is 2. The highest BCUT2D eigenvalue weighted by Crippen LogP contribution is 2.34. The third-order valence-corrected chi connectivity index (χ3v) is 5.52. The fraction of sp³-hybridized carbons (Fsp3) is 0.500. The summed E-state index contributed by atoms with van der Waals surface area (Å²) in [7, 11) is 1.57. The van der Waals surface area contributed by atoms with Gasteiger partial charge in [-0.1, -0.05) is 0 Å². The van der Waals surface area contributed by atoms with Crippen molar-refractivity contribution in [2.24, 2.45) is 0 Å². The summed E-state index contributed by atoms with van der Waals surface area (Å²) >= 11 is 0. The lowest BCUT2D eigenvalue weighted by Gasteiger charge is -2.14. The van der Waals surface area contributed by atoms with Gasteiger partial charge in [0.15, 0.2) is 11.5 Å². The van der Waals surface area contributed by atoms with E-state index in [0.717, 1.165) is 11.1 Å². The van der Waals surface area contributed by atoms with Crippen LogP contribution >= 0.6 is 0 Å². The minimum Gasteiger partial charge on any atom is -0.493 e. The van der Waals surface area contributed by atoms with Gasteiger partial charge in [0, 0.05) is 23.7 Å². The lowest BCUT2D eigenvalue weighted by atomic mass is 10.2. The summed E-state index contributed by atoms with van der Waals surface area (Å²) in [5, 5.41) is 3.97. The molecule has 0 amide bonds. The van der Waals surface area contributed by atoms with Crippen LogP contribution < -0.4 is 14.8 Å². The van der Waals surface area contributed by atoms with E-state index in [1.165, 1.54) is 12.4 Å². The number of ether oxygens (including phenoxy) is 7. The first-order chi connectivity index (χ1) is 19.1. The zero-order valence-electron chi connectivity index (χ0n) is 22.9. The van der Waals surface area contributed by atoms with E-state index in [-0.39, 0.29) is 5.82 Å². The second-order valence-electron chi connectivity index (χ2n) is 8.33. The largest absolute Gasteiger partial charge is 0.493 e. The molecular formula is C28H38FN3O7. The topological polar surface area (TPSA) is 102 Å². The van der Waals surface area contributed by atoms with Gasteiger partial charge in [-0.25, -0.2) is 14.4 Å². The van der Waals surface area contributed by atoms with Crippen LogP contribution in [0.3, 0.4) is 0 Å². The molecule has 0 spiro atoms. The third-order valence-electron chi connectivity index (χ3n) is 5.52. The molecule has 11 heteroatoms. The molecule has 214 valence electrons. The molecule has 0 saturated carbocycles. The second kappa shape index (κ2) is 17.5. The molecule has 1 heterocycles. The predicted octanol–water partition coefficient (Wildman–Crippen LogP) is 4.31. The molecule has 1 aromatic heterocycles. The molecule has 10 nitrogen and oxygen atoms in total. The van der Waals surface area contributed by atoms with Gasteiger partial charge in [0.1, 0.15) is 24.6 Å². The molecule has 0 aliphatic carbocycles. The number of fused-ring (bicyclic) bond motifs is 1. The maximum absolute atomic E-state index is 13.7. The number of hydrogen-bond donors (Lipinski definition) is 1. The van der Waals surface area contributed by atoms with E-state index in [4.69, 9.17) is 33.2 Å². The average molecular weight is 548 g/mol. The van der Waals surface area contributed by atoms with Gasteiger partial charge in [-0.2, -0.15) is 0 Å². The number of rotatable bonds is 20. The van der Waals surface area contributed by atoms with Crippen LogP contribution in [-0.4, -0.2) is 89.8 Å². The van der Waals surface area contributed by atoms with E-state index in [9.17, 15) is 4.39 Å². The Morgan fingerprint density at radius 1 is 0.744 bits per heavy atom. The Morgan fingerprint density at radius 3 is 1.95 bits per heavy atom. The summed E-state index contributed by atoms with van der Waals surface area (Å²) in [5.41, 5.74) is 1.94. The number of hydrogen-bond acceptors (Lipinski definition) is 10. The van der Waals surface area contributed by atoms with Crippen molar-refractivity contribution < 1.29 is 37.5 Å². The van der Waals surface area contributed by atoms with Crippen LogP contribution in [-0.2, 0) is 23.7 Å². The molecule has 39 heavy (non-hydrogen) atoms. The van der Waals surface area contributed by atoms with Crippen LogP contribution in [0.15, 0.2) is 36.7 Å². The molecule has 3 aromatic rings. The van der Waals surface area contributed by atoms with Crippen LogP contribution in [0.2, 0.25) is 0 Å². The quantitative estimate of drug-likeness (QED) is 0.206. The third kappa shape index (κ3) is 10.5. The number of benzene rings is 2. The van der Waals surface area contributed by atoms with E-state index in [1.54, 1.807) is 32.2 Å². The Labute approximate surface area is 228 Å². The van der Waals surface area contributed by atoms with Gasteiger partial charge in [0.25, 0.3) is 0 Å². The number of methoxy groups -OCH3 is 1. The van der Waals surface area contributed by atoms with Gasteiger partial charge in [-0.05, 0) is 43.7 Å². The summed E-state index contributed by atoms with van der Waals surface area (Å²) in [4.78, 5) is 8.70. The maximum atomic E-state index is 13.7. The monoisotopic (exact) mass is 547 g/mol. The smallest absolute Gasteiger partial charge is 0.162 e. The normalized spacial score (nSPS) is 11.2. The van der Waals surface area contributed by atoms with Gasteiger partial charge in [-0.3, -0.25) is 0 Å². The average Bonchev–Trinajstić information content (AvgIpc) is 2.94. The van der Waals surface area contributed by atoms with Crippen molar-refractivity contribution in [1.82, 2.24) is 9.97 Å². The molecule has 0 saturated heterocycles. The predicted molar refractivity (Wildman–Crippen MR) is 146 cm³/mol. The Balaban J connectivity index is 1.37. The van der Waals surface area contributed by atoms with Crippen LogP contribution in [0, 0.1) is 12.7 Å². The summed E-state index contributed by atoms with van der Waals surface area (Å²) in [6.07, 6.45) is 1.46. The van der Waals surface area contributed by atoms with Crippen LogP contribution in [0.25, 0.3) is 10.9 Å². The summed E-state index contributed by atoms with van der Waals surface area (Å²) < 4.78 is 52.2. The van der Waals surface area contributed by atoms with E-state index >= 15 is 0 Å². The first-order valence-electron chi connectivity index (χ1n) is 13.0. The lowest BCUT2D eigenvalue weighted by Crippen LogP contribution is -2.14. The molecule has 0 unspecified atom stereocenters. The highest BCUT2D eigenvalue weighted by Gasteiger charge is 2.12. The molecule has 3 rings (SSSR count). The molecular weight excluding hydrogens is 509 g/mol. The molecule has 1 N–H and O–H groups in total. The van der Waals surface area contributed by atoms with Crippen LogP contribution in [0.1, 0.15) is 12.5 Å². The Hall–Kier alpha value is -3.09. The van der Waals surface area contributed by atoms with Gasteiger partial charge in [0.05, 0.1) is 72.1 Å². The molecule has 0 aliphatic heterocycles. The second-order valence-corrected chi connectivity index (χ2v) is 8.33. The highest BCUT2D eigenvalue weighted by atomic mass is 19.1.